The number of nitrogens with one attached hydrogen (secondary N) is 1. The minimum absolute atomic E-state index is 0.0224. The molecule has 0 spiro atoms. The average Bonchev–Trinajstić information content (AvgIpc) is 3.09. The van der Waals surface area contributed by atoms with Crippen LogP contribution in [0.1, 0.15) is 34.1 Å². The number of carbonyl (C=O) groups excluding carboxylic acids is 3. The molecular weight excluding hydrogens is 482 g/mol. The van der Waals surface area contributed by atoms with Gasteiger partial charge in [-0.05, 0) is 55.3 Å². The van der Waals surface area contributed by atoms with E-state index in [-0.39, 0.29) is 17.2 Å². The fourth-order valence-corrected chi connectivity index (χ4v) is 4.21. The van der Waals surface area contributed by atoms with Crippen molar-refractivity contribution in [3.8, 4) is 11.6 Å². The maximum atomic E-state index is 13.5. The van der Waals surface area contributed by atoms with Crippen molar-refractivity contribution in [3.63, 3.8) is 0 Å². The van der Waals surface area contributed by atoms with Crippen molar-refractivity contribution >= 4 is 45.9 Å². The number of anilines is 1. The van der Waals surface area contributed by atoms with E-state index in [1.165, 1.54) is 32.4 Å². The number of methoxy groups -OCH3 is 1. The highest BCUT2D eigenvalue weighted by Crippen LogP contribution is 2.35. The number of nitrogens with zero attached hydrogens (tertiary/aromatic N) is 2. The van der Waals surface area contributed by atoms with Gasteiger partial charge in [-0.15, -0.1) is 0 Å². The molecule has 2 heterocycles. The lowest BCUT2D eigenvalue weighted by molar-refractivity contribution is -0.131. The monoisotopic (exact) mass is 505 g/mol. The van der Waals surface area contributed by atoms with Crippen LogP contribution in [0.5, 0.6) is 11.6 Å². The van der Waals surface area contributed by atoms with E-state index in [0.29, 0.717) is 22.6 Å². The third kappa shape index (κ3) is 4.94. The summed E-state index contributed by atoms with van der Waals surface area (Å²) in [6.07, 6.45) is 1.45. The lowest BCUT2D eigenvalue weighted by Gasteiger charge is -2.13. The first-order chi connectivity index (χ1) is 17.2. The summed E-state index contributed by atoms with van der Waals surface area (Å²) in [6.45, 7) is 5.58. The summed E-state index contributed by atoms with van der Waals surface area (Å²) in [7, 11) is 1.45. The number of ketones is 1. The normalized spacial score (nSPS) is 10.8. The molecule has 0 fully saturated rings. The molecule has 0 radical (unpaired) electrons. The Morgan fingerprint density at radius 3 is 2.44 bits per heavy atom. The van der Waals surface area contributed by atoms with Crippen molar-refractivity contribution in [3.05, 3.63) is 82.1 Å². The summed E-state index contributed by atoms with van der Waals surface area (Å²) in [6, 6.07) is 13.9. The van der Waals surface area contributed by atoms with Crippen molar-refractivity contribution in [2.75, 3.05) is 12.4 Å². The standard InChI is InChI=1S/C27H24ClN3O5/c1-15-16(2)31(14-18-5-7-19(28)8-6-18)21-9-10-22(36-17(3)32)25(24(15)21)26(33)27(34)30-20-11-12-29-23(13-20)35-4/h5-13H,14H2,1-4H3,(H,29,30,34). The van der Waals surface area contributed by atoms with Crippen LogP contribution in [0.3, 0.4) is 0 Å². The maximum Gasteiger partial charge on any atom is 0.308 e. The molecule has 36 heavy (non-hydrogen) atoms. The van der Waals surface area contributed by atoms with Gasteiger partial charge in [-0.3, -0.25) is 14.4 Å². The second-order valence-electron chi connectivity index (χ2n) is 8.22. The van der Waals surface area contributed by atoms with Crippen LogP contribution in [0.4, 0.5) is 5.69 Å². The first-order valence-corrected chi connectivity index (χ1v) is 11.5. The quantitative estimate of drug-likeness (QED) is 0.162. The summed E-state index contributed by atoms with van der Waals surface area (Å²) < 4.78 is 12.5. The molecule has 2 aromatic heterocycles. The van der Waals surface area contributed by atoms with Crippen molar-refractivity contribution in [2.24, 2.45) is 0 Å². The predicted molar refractivity (Wildman–Crippen MR) is 137 cm³/mol. The summed E-state index contributed by atoms with van der Waals surface area (Å²) >= 11 is 6.03. The Hall–Kier alpha value is -4.17. The number of amides is 1. The molecular formula is C27H24ClN3O5. The third-order valence-electron chi connectivity index (χ3n) is 5.90. The van der Waals surface area contributed by atoms with Gasteiger partial charge in [-0.25, -0.2) is 4.98 Å². The molecule has 0 saturated carbocycles. The van der Waals surface area contributed by atoms with Crippen molar-refractivity contribution in [1.82, 2.24) is 9.55 Å². The zero-order chi connectivity index (χ0) is 26.0. The van der Waals surface area contributed by atoms with E-state index in [2.05, 4.69) is 10.3 Å². The number of carbonyl (C=O) groups is 3. The summed E-state index contributed by atoms with van der Waals surface area (Å²) in [5.74, 6) is -2.01. The molecule has 0 aliphatic rings. The van der Waals surface area contributed by atoms with Crippen LogP contribution in [0.15, 0.2) is 54.7 Å². The highest BCUT2D eigenvalue weighted by molar-refractivity contribution is 6.49. The lowest BCUT2D eigenvalue weighted by atomic mass is 10.0. The summed E-state index contributed by atoms with van der Waals surface area (Å²) in [5.41, 5.74) is 3.83. The second-order valence-corrected chi connectivity index (χ2v) is 8.66. The molecule has 184 valence electrons. The molecule has 0 unspecified atom stereocenters. The van der Waals surface area contributed by atoms with E-state index in [4.69, 9.17) is 21.1 Å². The van der Waals surface area contributed by atoms with Gasteiger partial charge in [0.1, 0.15) is 5.75 Å². The number of benzene rings is 2. The molecule has 1 amide bonds. The van der Waals surface area contributed by atoms with Crippen LogP contribution in [0.2, 0.25) is 5.02 Å². The van der Waals surface area contributed by atoms with Crippen LogP contribution >= 0.6 is 11.6 Å². The number of Topliss-reactive ketones (excluding diaryl/α,β-unsaturated/α-hetero) is 1. The molecule has 8 nitrogen and oxygen atoms in total. The smallest absolute Gasteiger partial charge is 0.308 e. The number of ether oxygens (including phenoxy) is 2. The van der Waals surface area contributed by atoms with E-state index in [1.807, 2.05) is 42.7 Å². The second kappa shape index (κ2) is 10.2. The fraction of sp³-hybridized carbons (Fsp3) is 0.185. The number of rotatable bonds is 7. The number of hydrogen-bond acceptors (Lipinski definition) is 6. The number of pyridine rings is 1. The van der Waals surface area contributed by atoms with Crippen LogP contribution in [-0.4, -0.2) is 34.3 Å². The molecule has 0 aliphatic heterocycles. The molecule has 1 N–H and O–H groups in total. The number of aromatic nitrogens is 2. The molecule has 0 atom stereocenters. The topological polar surface area (TPSA) is 99.5 Å². The molecule has 4 rings (SSSR count). The molecule has 2 aromatic carbocycles. The molecule has 4 aromatic rings. The first kappa shape index (κ1) is 24.9. The zero-order valence-corrected chi connectivity index (χ0v) is 21.0. The number of aryl methyl sites for hydroxylation is 1. The SMILES string of the molecule is COc1cc(NC(=O)C(=O)c2c(OC(C)=O)ccc3c2c(C)c(C)n3Cc2ccc(Cl)cc2)ccn1. The highest BCUT2D eigenvalue weighted by atomic mass is 35.5. The number of hydrogen-bond donors (Lipinski definition) is 1. The van der Waals surface area contributed by atoms with Gasteiger partial charge in [0.05, 0.1) is 12.7 Å². The fourth-order valence-electron chi connectivity index (χ4n) is 4.08. The minimum atomic E-state index is -0.883. The van der Waals surface area contributed by atoms with Crippen molar-refractivity contribution < 1.29 is 23.9 Å². The Labute approximate surface area is 212 Å². The summed E-state index contributed by atoms with van der Waals surface area (Å²) in [5, 5.41) is 3.77. The van der Waals surface area contributed by atoms with Gasteiger partial charge in [-0.1, -0.05) is 23.7 Å². The van der Waals surface area contributed by atoms with Gasteiger partial charge in [0.25, 0.3) is 11.7 Å². The maximum absolute atomic E-state index is 13.5. The lowest BCUT2D eigenvalue weighted by Crippen LogP contribution is -2.24. The van der Waals surface area contributed by atoms with Gasteiger partial charge >= 0.3 is 5.97 Å². The Balaban J connectivity index is 1.81. The third-order valence-corrected chi connectivity index (χ3v) is 6.15. The van der Waals surface area contributed by atoms with Gasteiger partial charge in [0.2, 0.25) is 5.88 Å². The number of fused-ring (bicyclic) bond motifs is 1. The van der Waals surface area contributed by atoms with E-state index >= 15 is 0 Å². The van der Waals surface area contributed by atoms with Gasteiger partial charge in [-0.2, -0.15) is 0 Å². The highest BCUT2D eigenvalue weighted by Gasteiger charge is 2.28. The Bertz CT molecular complexity index is 1490. The molecule has 0 bridgehead atoms. The minimum Gasteiger partial charge on any atom is -0.481 e. The van der Waals surface area contributed by atoms with E-state index < -0.39 is 17.7 Å². The van der Waals surface area contributed by atoms with Gasteiger partial charge in [0.15, 0.2) is 0 Å². The Morgan fingerprint density at radius 1 is 1.06 bits per heavy atom. The molecule has 9 heteroatoms. The van der Waals surface area contributed by atoms with E-state index in [0.717, 1.165) is 22.3 Å². The van der Waals surface area contributed by atoms with Gasteiger partial charge in [0, 0.05) is 53.0 Å². The van der Waals surface area contributed by atoms with Crippen molar-refractivity contribution in [2.45, 2.75) is 27.3 Å². The zero-order valence-electron chi connectivity index (χ0n) is 20.2. The Kier molecular flexibility index (Phi) is 7.07. The largest absolute Gasteiger partial charge is 0.481 e. The van der Waals surface area contributed by atoms with Crippen LogP contribution in [0.25, 0.3) is 10.9 Å². The van der Waals surface area contributed by atoms with Crippen LogP contribution < -0.4 is 14.8 Å². The van der Waals surface area contributed by atoms with E-state index in [9.17, 15) is 14.4 Å². The number of halogens is 1. The van der Waals surface area contributed by atoms with Crippen LogP contribution in [-0.2, 0) is 16.1 Å². The number of esters is 1. The van der Waals surface area contributed by atoms with E-state index in [1.54, 1.807) is 12.1 Å². The van der Waals surface area contributed by atoms with Crippen LogP contribution in [0, 0.1) is 13.8 Å². The Morgan fingerprint density at radius 2 is 1.78 bits per heavy atom. The molecule has 0 aliphatic carbocycles. The average molecular weight is 506 g/mol. The summed E-state index contributed by atoms with van der Waals surface area (Å²) in [4.78, 5) is 42.4. The van der Waals surface area contributed by atoms with Gasteiger partial charge < -0.3 is 19.4 Å². The van der Waals surface area contributed by atoms with Crippen molar-refractivity contribution in [1.29, 1.82) is 0 Å². The molecule has 0 saturated heterocycles. The predicted octanol–water partition coefficient (Wildman–Crippen LogP) is 5.11. The first-order valence-electron chi connectivity index (χ1n) is 11.1.